The highest BCUT2D eigenvalue weighted by molar-refractivity contribution is 6.70. The summed E-state index contributed by atoms with van der Waals surface area (Å²) in [4.78, 5) is 26.1. The lowest BCUT2D eigenvalue weighted by atomic mass is 10.2. The van der Waals surface area contributed by atoms with Crippen molar-refractivity contribution in [1.82, 2.24) is 9.55 Å². The second-order valence-corrected chi connectivity index (χ2v) is 17.5. The van der Waals surface area contributed by atoms with E-state index in [9.17, 15) is 9.59 Å². The molecule has 0 spiro atoms. The average Bonchev–Trinajstić information content (AvgIpc) is 2.80. The summed E-state index contributed by atoms with van der Waals surface area (Å²) in [6.07, 6.45) is 1.32. The molecule has 1 saturated heterocycles. The van der Waals surface area contributed by atoms with Crippen LogP contribution in [0.15, 0.2) is 15.8 Å². The molecule has 0 radical (unpaired) electrons. The molecule has 7 nitrogen and oxygen atoms in total. The number of nitrogens with one attached hydrogen (secondary N) is 1. The third-order valence-corrected chi connectivity index (χ3v) is 5.86. The van der Waals surface area contributed by atoms with Crippen molar-refractivity contribution in [2.24, 2.45) is 0 Å². The van der Waals surface area contributed by atoms with Crippen molar-refractivity contribution < 1.29 is 13.6 Å². The smallest absolute Gasteiger partial charge is 0.330 e. The Labute approximate surface area is 150 Å². The van der Waals surface area contributed by atoms with Gasteiger partial charge in [-0.3, -0.25) is 14.3 Å². The normalized spacial score (nSPS) is 24.7. The number of ether oxygens (including phenoxy) is 1. The molecule has 0 aliphatic carbocycles. The van der Waals surface area contributed by atoms with Gasteiger partial charge in [0.2, 0.25) is 0 Å². The Hall–Kier alpha value is -1.01. The Morgan fingerprint density at radius 1 is 1.20 bits per heavy atom. The minimum Gasteiger partial charge on any atom is -0.415 e. The lowest BCUT2D eigenvalue weighted by Gasteiger charge is -2.28. The minimum atomic E-state index is -1.77. The summed E-state index contributed by atoms with van der Waals surface area (Å²) in [6, 6.07) is 0. The van der Waals surface area contributed by atoms with Gasteiger partial charge in [-0.25, -0.2) is 4.79 Å². The zero-order valence-corrected chi connectivity index (χ0v) is 18.2. The number of aryl methyl sites for hydroxylation is 1. The molecule has 1 N–H and O–H groups in total. The van der Waals surface area contributed by atoms with Crippen molar-refractivity contribution in [3.63, 3.8) is 0 Å². The van der Waals surface area contributed by atoms with Crippen LogP contribution in [0.5, 0.6) is 0 Å². The first kappa shape index (κ1) is 20.3. The van der Waals surface area contributed by atoms with Crippen LogP contribution in [-0.4, -0.2) is 45.0 Å². The van der Waals surface area contributed by atoms with E-state index in [0.29, 0.717) is 18.6 Å². The van der Waals surface area contributed by atoms with Crippen molar-refractivity contribution in [1.29, 1.82) is 0 Å². The van der Waals surface area contributed by atoms with E-state index in [1.807, 2.05) is 0 Å². The number of hydrogen-bond donors (Lipinski definition) is 1. The molecular formula is C16H30N2O5Si2. The maximum atomic E-state index is 12.2. The van der Waals surface area contributed by atoms with Gasteiger partial charge in [-0.15, -0.1) is 0 Å². The minimum absolute atomic E-state index is 0.118. The summed E-state index contributed by atoms with van der Waals surface area (Å²) in [7, 11) is -3.45. The van der Waals surface area contributed by atoms with Gasteiger partial charge in [0.15, 0.2) is 16.6 Å². The molecule has 1 aliphatic heterocycles. The number of hydrogen-bond acceptors (Lipinski definition) is 5. The highest BCUT2D eigenvalue weighted by Gasteiger charge is 2.40. The molecule has 0 saturated carbocycles. The molecule has 1 unspecified atom stereocenters. The van der Waals surface area contributed by atoms with E-state index in [1.165, 1.54) is 4.57 Å². The Kier molecular flexibility index (Phi) is 5.94. The molecule has 25 heavy (non-hydrogen) atoms. The van der Waals surface area contributed by atoms with Crippen molar-refractivity contribution >= 4 is 16.6 Å². The molecule has 2 heterocycles. The van der Waals surface area contributed by atoms with Crippen molar-refractivity contribution in [2.45, 2.75) is 71.1 Å². The summed E-state index contributed by atoms with van der Waals surface area (Å²) in [5, 5.41) is 0. The fourth-order valence-electron chi connectivity index (χ4n) is 2.73. The predicted molar refractivity (Wildman–Crippen MR) is 102 cm³/mol. The van der Waals surface area contributed by atoms with Crippen molar-refractivity contribution in [3.8, 4) is 0 Å². The van der Waals surface area contributed by atoms with Crippen LogP contribution in [0.3, 0.4) is 0 Å². The van der Waals surface area contributed by atoms with Crippen LogP contribution < -0.4 is 11.2 Å². The summed E-state index contributed by atoms with van der Waals surface area (Å²) < 4.78 is 19.9. The van der Waals surface area contributed by atoms with E-state index < -0.39 is 28.6 Å². The average molecular weight is 387 g/mol. The number of aromatic nitrogens is 2. The number of H-pyrrole nitrogens is 1. The monoisotopic (exact) mass is 386 g/mol. The Morgan fingerprint density at radius 2 is 1.84 bits per heavy atom. The SMILES string of the molecule is Cc1cn(C2C[C@@H](O[Si](C)(C)C)[C@H](CO[Si](C)(C)C)O2)c(=O)[nH]c1=O. The maximum absolute atomic E-state index is 12.2. The third kappa shape index (κ3) is 5.75. The van der Waals surface area contributed by atoms with Crippen LogP contribution in [0, 0.1) is 6.92 Å². The fraction of sp³-hybridized carbons (Fsp3) is 0.750. The molecule has 1 aliphatic rings. The lowest BCUT2D eigenvalue weighted by molar-refractivity contribution is -0.0397. The molecule has 1 aromatic rings. The van der Waals surface area contributed by atoms with E-state index in [1.54, 1.807) is 13.1 Å². The van der Waals surface area contributed by atoms with Crippen LogP contribution in [-0.2, 0) is 13.6 Å². The number of nitrogens with zero attached hydrogens (tertiary/aromatic N) is 1. The van der Waals surface area contributed by atoms with Gasteiger partial charge in [-0.2, -0.15) is 0 Å². The topological polar surface area (TPSA) is 82.6 Å². The second-order valence-electron chi connectivity index (χ2n) is 8.54. The van der Waals surface area contributed by atoms with Crippen molar-refractivity contribution in [3.05, 3.63) is 32.6 Å². The molecule has 1 fully saturated rings. The molecule has 2 rings (SSSR count). The largest absolute Gasteiger partial charge is 0.415 e. The molecule has 9 heteroatoms. The first-order valence-corrected chi connectivity index (χ1v) is 15.5. The van der Waals surface area contributed by atoms with E-state index in [-0.39, 0.29) is 17.8 Å². The molecule has 3 atom stereocenters. The van der Waals surface area contributed by atoms with Crippen molar-refractivity contribution in [2.75, 3.05) is 6.61 Å². The van der Waals surface area contributed by atoms with Crippen LogP contribution >= 0.6 is 0 Å². The maximum Gasteiger partial charge on any atom is 0.330 e. The van der Waals surface area contributed by atoms with Gasteiger partial charge in [-0.1, -0.05) is 0 Å². The first-order chi connectivity index (χ1) is 11.4. The lowest BCUT2D eigenvalue weighted by Crippen LogP contribution is -2.40. The van der Waals surface area contributed by atoms with Crippen LogP contribution in [0.4, 0.5) is 0 Å². The van der Waals surface area contributed by atoms with Gasteiger partial charge in [-0.05, 0) is 46.2 Å². The van der Waals surface area contributed by atoms with Gasteiger partial charge in [0.05, 0.1) is 12.7 Å². The molecule has 142 valence electrons. The van der Waals surface area contributed by atoms with E-state index in [4.69, 9.17) is 13.6 Å². The second kappa shape index (κ2) is 7.32. The van der Waals surface area contributed by atoms with Crippen LogP contribution in [0.1, 0.15) is 18.2 Å². The summed E-state index contributed by atoms with van der Waals surface area (Å²) in [6.45, 7) is 14.9. The number of rotatable bonds is 6. The van der Waals surface area contributed by atoms with Crippen LogP contribution in [0.25, 0.3) is 0 Å². The summed E-state index contributed by atoms with van der Waals surface area (Å²) in [5.41, 5.74) is -0.348. The predicted octanol–water partition coefficient (Wildman–Crippen LogP) is 2.20. The first-order valence-electron chi connectivity index (χ1n) is 8.65. The van der Waals surface area contributed by atoms with E-state index in [0.717, 1.165) is 0 Å². The van der Waals surface area contributed by atoms with Gasteiger partial charge < -0.3 is 13.6 Å². The number of aromatic amines is 1. The molecule has 0 bridgehead atoms. The highest BCUT2D eigenvalue weighted by Crippen LogP contribution is 2.32. The Balaban J connectivity index is 2.23. The van der Waals surface area contributed by atoms with Gasteiger partial charge in [0.25, 0.3) is 5.56 Å². The fourth-order valence-corrected chi connectivity index (χ4v) is 4.55. The van der Waals surface area contributed by atoms with Gasteiger partial charge in [0, 0.05) is 18.2 Å². The van der Waals surface area contributed by atoms with E-state index >= 15 is 0 Å². The zero-order chi connectivity index (χ0) is 19.0. The Bertz CT molecular complexity index is 717. The molecular weight excluding hydrogens is 356 g/mol. The highest BCUT2D eigenvalue weighted by atomic mass is 28.4. The quantitative estimate of drug-likeness (QED) is 0.758. The molecule has 0 aromatic carbocycles. The Morgan fingerprint density at radius 3 is 2.40 bits per heavy atom. The van der Waals surface area contributed by atoms with Gasteiger partial charge >= 0.3 is 5.69 Å². The molecule has 1 aromatic heterocycles. The summed E-state index contributed by atoms with van der Waals surface area (Å²) in [5.74, 6) is 0. The van der Waals surface area contributed by atoms with E-state index in [2.05, 4.69) is 44.3 Å². The van der Waals surface area contributed by atoms with Crippen LogP contribution in [0.2, 0.25) is 39.3 Å². The summed E-state index contributed by atoms with van der Waals surface area (Å²) >= 11 is 0. The zero-order valence-electron chi connectivity index (χ0n) is 16.2. The molecule has 0 amide bonds. The standard InChI is InChI=1S/C16H30N2O5Si2/c1-11-9-18(16(20)17-15(11)19)14-8-12(23-25(5,6)7)13(22-14)10-21-24(2,3)4/h9,12-14H,8,10H2,1-7H3,(H,17,19,20)/t12-,13+,14?/m1/s1. The van der Waals surface area contributed by atoms with Gasteiger partial charge in [0.1, 0.15) is 12.3 Å². The third-order valence-electron chi connectivity index (χ3n) is 3.82.